The van der Waals surface area contributed by atoms with Crippen LogP contribution >= 0.6 is 27.5 Å². The maximum absolute atomic E-state index is 12.1. The summed E-state index contributed by atoms with van der Waals surface area (Å²) in [5.74, 6) is 0.179. The van der Waals surface area contributed by atoms with Gasteiger partial charge in [-0.1, -0.05) is 23.7 Å². The molecule has 94 valence electrons. The predicted molar refractivity (Wildman–Crippen MR) is 74.2 cm³/mol. The fourth-order valence-corrected chi connectivity index (χ4v) is 3.48. The average molecular weight is 348 g/mol. The molecule has 4 nitrogen and oxygen atoms in total. The second kappa shape index (κ2) is 5.26. The van der Waals surface area contributed by atoms with Gasteiger partial charge in [0, 0.05) is 21.8 Å². The van der Waals surface area contributed by atoms with Crippen molar-refractivity contribution in [1.82, 2.24) is 4.98 Å². The number of rotatable bonds is 3. The highest BCUT2D eigenvalue weighted by Gasteiger charge is 2.17. The highest BCUT2D eigenvalue weighted by molar-refractivity contribution is 9.10. The van der Waals surface area contributed by atoms with Gasteiger partial charge in [0.25, 0.3) is 10.0 Å². The van der Waals surface area contributed by atoms with Gasteiger partial charge in [0.15, 0.2) is 0 Å². The van der Waals surface area contributed by atoms with E-state index in [0.717, 1.165) is 0 Å². The van der Waals surface area contributed by atoms with E-state index in [9.17, 15) is 8.42 Å². The summed E-state index contributed by atoms with van der Waals surface area (Å²) in [4.78, 5) is 4.04. The van der Waals surface area contributed by atoms with Crippen molar-refractivity contribution in [2.75, 3.05) is 4.72 Å². The van der Waals surface area contributed by atoms with Crippen LogP contribution in [0, 0.1) is 0 Å². The van der Waals surface area contributed by atoms with E-state index in [4.69, 9.17) is 11.6 Å². The minimum absolute atomic E-state index is 0.145. The minimum atomic E-state index is -3.68. The molecule has 1 aromatic carbocycles. The second-order valence-electron chi connectivity index (χ2n) is 3.40. The summed E-state index contributed by atoms with van der Waals surface area (Å²) < 4.78 is 27.1. The van der Waals surface area contributed by atoms with Gasteiger partial charge in [-0.15, -0.1) is 0 Å². The van der Waals surface area contributed by atoms with Crippen molar-refractivity contribution in [3.05, 3.63) is 52.1 Å². The van der Waals surface area contributed by atoms with Gasteiger partial charge in [-0.25, -0.2) is 13.4 Å². The van der Waals surface area contributed by atoms with Crippen LogP contribution in [0.3, 0.4) is 0 Å². The fourth-order valence-electron chi connectivity index (χ4n) is 1.32. The molecule has 0 saturated carbocycles. The Hall–Kier alpha value is -1.11. The van der Waals surface area contributed by atoms with E-state index in [1.165, 1.54) is 18.3 Å². The van der Waals surface area contributed by atoms with Crippen LogP contribution in [0.25, 0.3) is 0 Å². The minimum Gasteiger partial charge on any atom is -0.263 e. The lowest BCUT2D eigenvalue weighted by molar-refractivity contribution is 0.600. The van der Waals surface area contributed by atoms with E-state index < -0.39 is 10.0 Å². The number of hydrogen-bond donors (Lipinski definition) is 1. The van der Waals surface area contributed by atoms with Crippen LogP contribution in [0.2, 0.25) is 5.02 Å². The molecule has 0 aliphatic heterocycles. The first kappa shape index (κ1) is 13.3. The van der Waals surface area contributed by atoms with Crippen LogP contribution in [-0.4, -0.2) is 13.4 Å². The van der Waals surface area contributed by atoms with Gasteiger partial charge in [-0.2, -0.15) is 0 Å². The Bertz CT molecular complexity index is 676. The molecule has 0 amide bonds. The molecule has 0 saturated heterocycles. The fraction of sp³-hybridized carbons (Fsp3) is 0. The molecule has 1 aromatic heterocycles. The van der Waals surface area contributed by atoms with Crippen molar-refractivity contribution < 1.29 is 8.42 Å². The smallest absolute Gasteiger partial charge is 0.263 e. The Labute approximate surface area is 118 Å². The van der Waals surface area contributed by atoms with E-state index in [1.807, 2.05) is 0 Å². The third kappa shape index (κ3) is 3.01. The van der Waals surface area contributed by atoms with E-state index in [-0.39, 0.29) is 10.7 Å². The molecule has 1 heterocycles. The third-order valence-electron chi connectivity index (χ3n) is 2.09. The molecule has 0 unspecified atom stereocenters. The van der Waals surface area contributed by atoms with Crippen LogP contribution in [0.5, 0.6) is 0 Å². The summed E-state index contributed by atoms with van der Waals surface area (Å²) in [6.45, 7) is 0. The number of sulfonamides is 1. The van der Waals surface area contributed by atoms with E-state index in [2.05, 4.69) is 25.6 Å². The zero-order valence-corrected chi connectivity index (χ0v) is 12.1. The van der Waals surface area contributed by atoms with Gasteiger partial charge < -0.3 is 0 Å². The van der Waals surface area contributed by atoms with Gasteiger partial charge in [0.1, 0.15) is 10.7 Å². The molecule has 0 bridgehead atoms. The Morgan fingerprint density at radius 2 is 1.94 bits per heavy atom. The summed E-state index contributed by atoms with van der Waals surface area (Å²) in [7, 11) is -3.68. The second-order valence-corrected chi connectivity index (χ2v) is 6.34. The quantitative estimate of drug-likeness (QED) is 0.927. The Balaban J connectivity index is 2.37. The SMILES string of the molecule is O=S(=O)(Nc1cc(Cl)ccn1)c1ccccc1Br. The average Bonchev–Trinajstić information content (AvgIpc) is 2.28. The molecule has 0 spiro atoms. The molecule has 18 heavy (non-hydrogen) atoms. The van der Waals surface area contributed by atoms with E-state index in [1.54, 1.807) is 24.3 Å². The van der Waals surface area contributed by atoms with Gasteiger partial charge in [-0.05, 0) is 34.1 Å². The van der Waals surface area contributed by atoms with Gasteiger partial charge >= 0.3 is 0 Å². The largest absolute Gasteiger partial charge is 0.264 e. The molecular weight excluding hydrogens is 340 g/mol. The molecule has 0 radical (unpaired) electrons. The van der Waals surface area contributed by atoms with Crippen LogP contribution in [0.1, 0.15) is 0 Å². The summed E-state index contributed by atoms with van der Waals surface area (Å²) in [5, 5.41) is 0.412. The Morgan fingerprint density at radius 1 is 1.22 bits per heavy atom. The van der Waals surface area contributed by atoms with E-state index in [0.29, 0.717) is 9.50 Å². The number of benzene rings is 1. The van der Waals surface area contributed by atoms with Crippen molar-refractivity contribution in [2.45, 2.75) is 4.90 Å². The van der Waals surface area contributed by atoms with Crippen LogP contribution < -0.4 is 4.72 Å². The van der Waals surface area contributed by atoms with Crippen molar-refractivity contribution >= 4 is 43.4 Å². The number of halogens is 2. The van der Waals surface area contributed by atoms with Gasteiger partial charge in [0.05, 0.1) is 0 Å². The Morgan fingerprint density at radius 3 is 2.61 bits per heavy atom. The monoisotopic (exact) mass is 346 g/mol. The number of aromatic nitrogens is 1. The number of pyridine rings is 1. The first-order chi connectivity index (χ1) is 8.49. The molecule has 0 fully saturated rings. The molecule has 0 aliphatic rings. The van der Waals surface area contributed by atoms with Crippen molar-refractivity contribution in [3.63, 3.8) is 0 Å². The maximum Gasteiger partial charge on any atom is 0.264 e. The molecule has 2 rings (SSSR count). The van der Waals surface area contributed by atoms with Crippen LogP contribution in [-0.2, 0) is 10.0 Å². The van der Waals surface area contributed by atoms with Crippen molar-refractivity contribution in [1.29, 1.82) is 0 Å². The maximum atomic E-state index is 12.1. The lowest BCUT2D eigenvalue weighted by Crippen LogP contribution is -2.14. The standard InChI is InChI=1S/C11H8BrClN2O2S/c12-9-3-1-2-4-10(9)18(16,17)15-11-7-8(13)5-6-14-11/h1-7H,(H,14,15). The highest BCUT2D eigenvalue weighted by Crippen LogP contribution is 2.23. The van der Waals surface area contributed by atoms with Crippen molar-refractivity contribution in [3.8, 4) is 0 Å². The van der Waals surface area contributed by atoms with Crippen LogP contribution in [0.4, 0.5) is 5.82 Å². The normalized spacial score (nSPS) is 11.2. The van der Waals surface area contributed by atoms with Gasteiger partial charge in [0.2, 0.25) is 0 Å². The molecule has 0 atom stereocenters. The van der Waals surface area contributed by atoms with E-state index >= 15 is 0 Å². The molecule has 0 aliphatic carbocycles. The number of anilines is 1. The number of nitrogens with one attached hydrogen (secondary N) is 1. The summed E-state index contributed by atoms with van der Waals surface area (Å²) in [6, 6.07) is 9.54. The molecule has 2 aromatic rings. The zero-order valence-electron chi connectivity index (χ0n) is 8.97. The van der Waals surface area contributed by atoms with Gasteiger partial charge in [-0.3, -0.25) is 4.72 Å². The van der Waals surface area contributed by atoms with Crippen molar-refractivity contribution in [2.24, 2.45) is 0 Å². The lowest BCUT2D eigenvalue weighted by atomic mass is 10.4. The number of nitrogens with zero attached hydrogens (tertiary/aromatic N) is 1. The zero-order chi connectivity index (χ0) is 13.2. The Kier molecular flexibility index (Phi) is 3.89. The summed E-state index contributed by atoms with van der Waals surface area (Å²) >= 11 is 8.96. The highest BCUT2D eigenvalue weighted by atomic mass is 79.9. The number of hydrogen-bond acceptors (Lipinski definition) is 3. The summed E-state index contributed by atoms with van der Waals surface area (Å²) in [5.41, 5.74) is 0. The topological polar surface area (TPSA) is 59.1 Å². The molecule has 1 N–H and O–H groups in total. The molecule has 7 heteroatoms. The third-order valence-corrected chi connectivity index (χ3v) is 4.69. The first-order valence-electron chi connectivity index (χ1n) is 4.88. The first-order valence-corrected chi connectivity index (χ1v) is 7.53. The summed E-state index contributed by atoms with van der Waals surface area (Å²) in [6.07, 6.45) is 1.43. The van der Waals surface area contributed by atoms with Crippen LogP contribution in [0.15, 0.2) is 52.0 Å². The predicted octanol–water partition coefficient (Wildman–Crippen LogP) is 3.30. The molecular formula is C11H8BrClN2O2S. The lowest BCUT2D eigenvalue weighted by Gasteiger charge is -2.08.